The Hall–Kier alpha value is -3.16. The number of nitrogens with one attached hydrogen (secondary N) is 2. The lowest BCUT2D eigenvalue weighted by Crippen LogP contribution is -2.38. The lowest BCUT2D eigenvalue weighted by Gasteiger charge is -2.09. The molecule has 1 heterocycles. The number of rotatable bonds is 6. The van der Waals surface area contributed by atoms with Crippen LogP contribution < -0.4 is 10.6 Å². The van der Waals surface area contributed by atoms with Crippen molar-refractivity contribution in [3.8, 4) is 0 Å². The minimum Gasteiger partial charge on any atom is -0.480 e. The molecule has 2 aromatic rings. The van der Waals surface area contributed by atoms with Crippen LogP contribution in [-0.4, -0.2) is 34.1 Å². The van der Waals surface area contributed by atoms with Gasteiger partial charge in [0, 0.05) is 23.2 Å². The lowest BCUT2D eigenvalue weighted by atomic mass is 10.1. The SMILES string of the molecule is CC(NC(=O)c1ccc(NC(=O)c2cc(C3CC3)on2)cc1)C(=O)O. The minimum absolute atomic E-state index is 0.207. The summed E-state index contributed by atoms with van der Waals surface area (Å²) >= 11 is 0. The number of carboxylic acid groups (broad SMARTS) is 1. The average Bonchev–Trinajstić information content (AvgIpc) is 3.32. The van der Waals surface area contributed by atoms with Gasteiger partial charge in [-0.3, -0.25) is 14.4 Å². The van der Waals surface area contributed by atoms with E-state index in [9.17, 15) is 14.4 Å². The summed E-state index contributed by atoms with van der Waals surface area (Å²) in [5, 5.41) is 17.6. The van der Waals surface area contributed by atoms with Crippen LogP contribution in [0.5, 0.6) is 0 Å². The summed E-state index contributed by atoms with van der Waals surface area (Å²) < 4.78 is 5.14. The van der Waals surface area contributed by atoms with Crippen LogP contribution in [0.3, 0.4) is 0 Å². The fourth-order valence-electron chi connectivity index (χ4n) is 2.20. The number of carbonyl (C=O) groups excluding carboxylic acids is 2. The fraction of sp³-hybridized carbons (Fsp3) is 0.294. The Morgan fingerprint density at radius 3 is 2.48 bits per heavy atom. The zero-order valence-electron chi connectivity index (χ0n) is 13.5. The van der Waals surface area contributed by atoms with Gasteiger partial charge < -0.3 is 20.3 Å². The summed E-state index contributed by atoms with van der Waals surface area (Å²) in [6.07, 6.45) is 2.11. The van der Waals surface area contributed by atoms with E-state index in [0.29, 0.717) is 17.2 Å². The molecule has 0 radical (unpaired) electrons. The van der Waals surface area contributed by atoms with Crippen LogP contribution in [0.25, 0.3) is 0 Å². The largest absolute Gasteiger partial charge is 0.480 e. The van der Waals surface area contributed by atoms with Crippen LogP contribution >= 0.6 is 0 Å². The molecule has 8 nitrogen and oxygen atoms in total. The molecule has 0 spiro atoms. The van der Waals surface area contributed by atoms with Crippen molar-refractivity contribution >= 4 is 23.5 Å². The van der Waals surface area contributed by atoms with Gasteiger partial charge in [0.25, 0.3) is 11.8 Å². The van der Waals surface area contributed by atoms with Gasteiger partial charge in [-0.15, -0.1) is 0 Å². The van der Waals surface area contributed by atoms with Gasteiger partial charge in [-0.05, 0) is 44.0 Å². The summed E-state index contributed by atoms with van der Waals surface area (Å²) in [6.45, 7) is 1.38. The van der Waals surface area contributed by atoms with Crippen LogP contribution in [0.15, 0.2) is 34.9 Å². The maximum Gasteiger partial charge on any atom is 0.325 e. The van der Waals surface area contributed by atoms with Gasteiger partial charge in [0.15, 0.2) is 5.69 Å². The van der Waals surface area contributed by atoms with E-state index >= 15 is 0 Å². The van der Waals surface area contributed by atoms with Crippen LogP contribution in [0.1, 0.15) is 52.3 Å². The fourth-order valence-corrected chi connectivity index (χ4v) is 2.20. The highest BCUT2D eigenvalue weighted by atomic mass is 16.5. The first-order valence-electron chi connectivity index (χ1n) is 7.85. The number of hydrogen-bond acceptors (Lipinski definition) is 5. The maximum atomic E-state index is 12.1. The third-order valence-electron chi connectivity index (χ3n) is 3.86. The van der Waals surface area contributed by atoms with E-state index < -0.39 is 23.8 Å². The Balaban J connectivity index is 1.60. The number of carboxylic acids is 1. The smallest absolute Gasteiger partial charge is 0.325 e. The highest BCUT2D eigenvalue weighted by Gasteiger charge is 2.28. The number of amides is 2. The highest BCUT2D eigenvalue weighted by molar-refractivity contribution is 6.03. The first kappa shape index (κ1) is 16.7. The molecular weight excluding hydrogens is 326 g/mol. The van der Waals surface area contributed by atoms with Crippen molar-refractivity contribution in [3.63, 3.8) is 0 Å². The van der Waals surface area contributed by atoms with Crippen LogP contribution in [0.4, 0.5) is 5.69 Å². The standard InChI is InChI=1S/C17H17N3O5/c1-9(17(23)24)18-15(21)11-4-6-12(7-5-11)19-16(22)13-8-14(25-20-13)10-2-3-10/h4-10H,2-3H2,1H3,(H,18,21)(H,19,22)(H,23,24). The Bertz CT molecular complexity index is 808. The number of aliphatic carboxylic acids is 1. The van der Waals surface area contributed by atoms with E-state index in [0.717, 1.165) is 18.6 Å². The van der Waals surface area contributed by atoms with Crippen LogP contribution in [0.2, 0.25) is 0 Å². The Labute approximate surface area is 143 Å². The molecule has 0 aliphatic heterocycles. The average molecular weight is 343 g/mol. The van der Waals surface area contributed by atoms with Crippen molar-refractivity contribution in [2.45, 2.75) is 31.7 Å². The molecule has 1 saturated carbocycles. The third-order valence-corrected chi connectivity index (χ3v) is 3.86. The summed E-state index contributed by atoms with van der Waals surface area (Å²) in [7, 11) is 0. The van der Waals surface area contributed by atoms with Crippen LogP contribution in [0, 0.1) is 0 Å². The van der Waals surface area contributed by atoms with E-state index in [4.69, 9.17) is 9.63 Å². The van der Waals surface area contributed by atoms with Crippen molar-refractivity contribution in [2.75, 3.05) is 5.32 Å². The second-order valence-electron chi connectivity index (χ2n) is 5.95. The number of anilines is 1. The minimum atomic E-state index is -1.12. The molecule has 25 heavy (non-hydrogen) atoms. The van der Waals surface area contributed by atoms with Gasteiger partial charge in [0.05, 0.1) is 0 Å². The van der Waals surface area contributed by atoms with Crippen molar-refractivity contribution in [3.05, 3.63) is 47.3 Å². The summed E-state index contributed by atoms with van der Waals surface area (Å²) in [4.78, 5) is 34.8. The van der Waals surface area contributed by atoms with Gasteiger partial charge in [-0.2, -0.15) is 0 Å². The van der Waals surface area contributed by atoms with Gasteiger partial charge in [0.2, 0.25) is 0 Å². The van der Waals surface area contributed by atoms with Gasteiger partial charge in [-0.1, -0.05) is 5.16 Å². The molecule has 0 saturated heterocycles. The Morgan fingerprint density at radius 2 is 1.88 bits per heavy atom. The molecule has 1 aromatic carbocycles. The molecule has 2 amide bonds. The maximum absolute atomic E-state index is 12.1. The summed E-state index contributed by atoms with van der Waals surface area (Å²) in [5.41, 5.74) is 0.992. The molecule has 3 N–H and O–H groups in total. The molecule has 3 rings (SSSR count). The predicted molar refractivity (Wildman–Crippen MR) is 87.4 cm³/mol. The molecule has 1 aliphatic rings. The number of hydrogen-bond donors (Lipinski definition) is 3. The molecule has 130 valence electrons. The van der Waals surface area contributed by atoms with Gasteiger partial charge >= 0.3 is 5.97 Å². The second kappa shape index (κ2) is 6.76. The summed E-state index contributed by atoms with van der Waals surface area (Å²) in [6, 6.07) is 6.76. The van der Waals surface area contributed by atoms with E-state index in [-0.39, 0.29) is 5.69 Å². The van der Waals surface area contributed by atoms with Crippen molar-refractivity contribution in [2.24, 2.45) is 0 Å². The highest BCUT2D eigenvalue weighted by Crippen LogP contribution is 2.40. The Morgan fingerprint density at radius 1 is 1.20 bits per heavy atom. The first-order chi connectivity index (χ1) is 11.9. The Kier molecular flexibility index (Phi) is 4.51. The molecular formula is C17H17N3O5. The van der Waals surface area contributed by atoms with E-state index in [1.165, 1.54) is 19.1 Å². The second-order valence-corrected chi connectivity index (χ2v) is 5.95. The normalized spacial score (nSPS) is 14.6. The van der Waals surface area contributed by atoms with Crippen molar-refractivity contribution in [1.82, 2.24) is 10.5 Å². The third kappa shape index (κ3) is 4.03. The number of aromatic nitrogens is 1. The number of nitrogens with zero attached hydrogens (tertiary/aromatic N) is 1. The van der Waals surface area contributed by atoms with E-state index in [1.807, 2.05) is 0 Å². The predicted octanol–water partition coefficient (Wildman–Crippen LogP) is 2.01. The molecule has 1 atom stereocenters. The number of benzene rings is 1. The topological polar surface area (TPSA) is 122 Å². The van der Waals surface area contributed by atoms with E-state index in [2.05, 4.69) is 15.8 Å². The van der Waals surface area contributed by atoms with E-state index in [1.54, 1.807) is 18.2 Å². The monoisotopic (exact) mass is 343 g/mol. The van der Waals surface area contributed by atoms with Crippen molar-refractivity contribution < 1.29 is 24.0 Å². The molecule has 1 aromatic heterocycles. The van der Waals surface area contributed by atoms with Gasteiger partial charge in [-0.25, -0.2) is 0 Å². The zero-order valence-corrected chi connectivity index (χ0v) is 13.5. The molecule has 0 bridgehead atoms. The lowest BCUT2D eigenvalue weighted by molar-refractivity contribution is -0.138. The van der Waals surface area contributed by atoms with Gasteiger partial charge in [0.1, 0.15) is 11.8 Å². The molecule has 1 unspecified atom stereocenters. The molecule has 1 aliphatic carbocycles. The summed E-state index contributed by atoms with van der Waals surface area (Å²) in [5.74, 6) is -0.911. The van der Waals surface area contributed by atoms with Crippen LogP contribution in [-0.2, 0) is 4.79 Å². The molecule has 8 heteroatoms. The number of carbonyl (C=O) groups is 3. The quantitative estimate of drug-likeness (QED) is 0.737. The zero-order chi connectivity index (χ0) is 18.0. The first-order valence-corrected chi connectivity index (χ1v) is 7.85. The van der Waals surface area contributed by atoms with Crippen molar-refractivity contribution in [1.29, 1.82) is 0 Å². The molecule has 1 fully saturated rings.